The van der Waals surface area contributed by atoms with Crippen LogP contribution < -0.4 is 5.32 Å². The summed E-state index contributed by atoms with van der Waals surface area (Å²) in [7, 11) is 0. The Balaban J connectivity index is 1.68. The molecule has 0 saturated carbocycles. The molecule has 2 aliphatic heterocycles. The number of ether oxygens (including phenoxy) is 1. The van der Waals surface area contributed by atoms with E-state index >= 15 is 0 Å². The van der Waals surface area contributed by atoms with E-state index < -0.39 is 11.6 Å². The molecule has 20 heavy (non-hydrogen) atoms. The van der Waals surface area contributed by atoms with Gasteiger partial charge in [0.1, 0.15) is 12.1 Å². The summed E-state index contributed by atoms with van der Waals surface area (Å²) < 4.78 is 5.37. The van der Waals surface area contributed by atoms with E-state index in [1.165, 1.54) is 0 Å². The number of carbonyl (C=O) groups is 2. The van der Waals surface area contributed by atoms with Gasteiger partial charge in [-0.1, -0.05) is 30.3 Å². The van der Waals surface area contributed by atoms with Crippen molar-refractivity contribution in [2.75, 3.05) is 6.54 Å². The Bertz CT molecular complexity index is 531. The van der Waals surface area contributed by atoms with Gasteiger partial charge < -0.3 is 10.1 Å². The van der Waals surface area contributed by atoms with Crippen LogP contribution in [0.4, 0.5) is 4.79 Å². The van der Waals surface area contributed by atoms with E-state index in [9.17, 15) is 9.59 Å². The summed E-state index contributed by atoms with van der Waals surface area (Å²) in [5.74, 6) is -0.0569. The molecule has 3 rings (SSSR count). The zero-order chi connectivity index (χ0) is 14.2. The van der Waals surface area contributed by atoms with Crippen LogP contribution in [-0.2, 0) is 16.1 Å². The van der Waals surface area contributed by atoms with Crippen LogP contribution in [0.3, 0.4) is 0 Å². The summed E-state index contributed by atoms with van der Waals surface area (Å²) in [6, 6.07) is 9.59. The molecule has 1 N–H and O–H groups in total. The maximum absolute atomic E-state index is 12.3. The Kier molecular flexibility index (Phi) is 3.12. The minimum Gasteiger partial charge on any atom is -0.445 e. The van der Waals surface area contributed by atoms with E-state index in [-0.39, 0.29) is 18.6 Å². The van der Waals surface area contributed by atoms with Gasteiger partial charge >= 0.3 is 6.09 Å². The molecule has 106 valence electrons. The third kappa shape index (κ3) is 1.94. The number of hydrogen-bond acceptors (Lipinski definition) is 3. The highest BCUT2D eigenvalue weighted by Gasteiger charge is 2.58. The molecule has 0 aromatic heterocycles. The minimum absolute atomic E-state index is 0.0457. The molecule has 2 unspecified atom stereocenters. The van der Waals surface area contributed by atoms with Gasteiger partial charge in [0.25, 0.3) is 0 Å². The molecule has 0 radical (unpaired) electrons. The minimum atomic E-state index is -0.660. The van der Waals surface area contributed by atoms with Crippen molar-refractivity contribution in [3.63, 3.8) is 0 Å². The fourth-order valence-electron chi connectivity index (χ4n) is 3.02. The van der Waals surface area contributed by atoms with Crippen LogP contribution in [0, 0.1) is 0 Å². The first-order valence-corrected chi connectivity index (χ1v) is 6.92. The Hall–Kier alpha value is -2.04. The van der Waals surface area contributed by atoms with Crippen molar-refractivity contribution in [3.8, 4) is 0 Å². The molecule has 2 amide bonds. The maximum Gasteiger partial charge on any atom is 0.411 e. The molecular weight excluding hydrogens is 256 g/mol. The molecule has 5 nitrogen and oxygen atoms in total. The molecule has 1 aromatic rings. The van der Waals surface area contributed by atoms with E-state index in [1.807, 2.05) is 37.3 Å². The predicted molar refractivity (Wildman–Crippen MR) is 72.9 cm³/mol. The number of hydrogen-bond donors (Lipinski definition) is 1. The molecule has 2 fully saturated rings. The number of rotatable bonds is 2. The van der Waals surface area contributed by atoms with Crippen molar-refractivity contribution in [1.82, 2.24) is 10.2 Å². The summed E-state index contributed by atoms with van der Waals surface area (Å²) in [5.41, 5.74) is 0.285. The third-order valence-electron chi connectivity index (χ3n) is 4.24. The smallest absolute Gasteiger partial charge is 0.411 e. The van der Waals surface area contributed by atoms with Crippen LogP contribution >= 0.6 is 0 Å². The van der Waals surface area contributed by atoms with Crippen LogP contribution in [0.2, 0.25) is 0 Å². The monoisotopic (exact) mass is 274 g/mol. The number of β-lactam (4-membered cyclic amide) rings is 1. The summed E-state index contributed by atoms with van der Waals surface area (Å²) in [6.07, 6.45) is 1.17. The first kappa shape index (κ1) is 13.0. The van der Waals surface area contributed by atoms with Crippen LogP contribution in [0.15, 0.2) is 30.3 Å². The number of nitrogens with zero attached hydrogens (tertiary/aromatic N) is 1. The van der Waals surface area contributed by atoms with E-state index in [2.05, 4.69) is 5.32 Å². The zero-order valence-corrected chi connectivity index (χ0v) is 11.5. The lowest BCUT2D eigenvalue weighted by Gasteiger charge is -2.44. The molecule has 0 bridgehead atoms. The zero-order valence-electron chi connectivity index (χ0n) is 11.5. The van der Waals surface area contributed by atoms with Crippen molar-refractivity contribution in [2.24, 2.45) is 0 Å². The van der Waals surface area contributed by atoms with Gasteiger partial charge in [-0.15, -0.1) is 0 Å². The summed E-state index contributed by atoms with van der Waals surface area (Å²) >= 11 is 0. The highest BCUT2D eigenvalue weighted by Crippen LogP contribution is 2.38. The molecule has 2 heterocycles. The SMILES string of the molecule is CC1CCC2(CNC2=O)N1C(=O)OCc1ccccc1. The van der Waals surface area contributed by atoms with E-state index in [4.69, 9.17) is 4.74 Å². The van der Waals surface area contributed by atoms with E-state index in [0.29, 0.717) is 6.54 Å². The van der Waals surface area contributed by atoms with Gasteiger partial charge in [0.05, 0.1) is 6.54 Å². The van der Waals surface area contributed by atoms with Gasteiger partial charge in [0.15, 0.2) is 0 Å². The van der Waals surface area contributed by atoms with Gasteiger partial charge in [-0.25, -0.2) is 4.79 Å². The largest absolute Gasteiger partial charge is 0.445 e. The van der Waals surface area contributed by atoms with Crippen LogP contribution in [-0.4, -0.2) is 35.0 Å². The Morgan fingerprint density at radius 3 is 2.80 bits per heavy atom. The summed E-state index contributed by atoms with van der Waals surface area (Å²) in [6.45, 7) is 2.74. The highest BCUT2D eigenvalue weighted by molar-refractivity contribution is 5.96. The van der Waals surface area contributed by atoms with Crippen molar-refractivity contribution in [1.29, 1.82) is 0 Å². The topological polar surface area (TPSA) is 58.6 Å². The number of amides is 2. The molecule has 0 aliphatic carbocycles. The number of benzene rings is 1. The van der Waals surface area contributed by atoms with Gasteiger partial charge in [-0.3, -0.25) is 9.69 Å². The first-order valence-electron chi connectivity index (χ1n) is 6.92. The van der Waals surface area contributed by atoms with Crippen molar-refractivity contribution >= 4 is 12.0 Å². The number of carbonyl (C=O) groups excluding carboxylic acids is 2. The Morgan fingerprint density at radius 2 is 2.20 bits per heavy atom. The molecule has 2 atom stereocenters. The van der Waals surface area contributed by atoms with Gasteiger partial charge in [0, 0.05) is 6.04 Å². The lowest BCUT2D eigenvalue weighted by Crippen LogP contribution is -2.72. The Labute approximate surface area is 117 Å². The van der Waals surface area contributed by atoms with Crippen LogP contribution in [0.5, 0.6) is 0 Å². The highest BCUT2D eigenvalue weighted by atomic mass is 16.6. The average molecular weight is 274 g/mol. The normalized spacial score (nSPS) is 28.1. The van der Waals surface area contributed by atoms with E-state index in [1.54, 1.807) is 4.90 Å². The quantitative estimate of drug-likeness (QED) is 0.835. The van der Waals surface area contributed by atoms with Gasteiger partial charge in [0.2, 0.25) is 5.91 Å². The lowest BCUT2D eigenvalue weighted by molar-refractivity contribution is -0.140. The number of likely N-dealkylation sites (tertiary alicyclic amines) is 1. The maximum atomic E-state index is 12.3. The third-order valence-corrected chi connectivity index (χ3v) is 4.24. The molecule has 1 spiro atoms. The van der Waals surface area contributed by atoms with Crippen LogP contribution in [0.1, 0.15) is 25.3 Å². The van der Waals surface area contributed by atoms with Gasteiger partial charge in [-0.2, -0.15) is 0 Å². The fourth-order valence-corrected chi connectivity index (χ4v) is 3.02. The second-order valence-corrected chi connectivity index (χ2v) is 5.51. The lowest BCUT2D eigenvalue weighted by atomic mass is 9.88. The molecule has 5 heteroatoms. The molecular formula is C15H18N2O3. The van der Waals surface area contributed by atoms with Gasteiger partial charge in [-0.05, 0) is 25.3 Å². The second kappa shape index (κ2) is 4.81. The average Bonchev–Trinajstić information content (AvgIpc) is 2.84. The van der Waals surface area contributed by atoms with E-state index in [0.717, 1.165) is 18.4 Å². The fraction of sp³-hybridized carbons (Fsp3) is 0.467. The standard InChI is InChI=1S/C15H18N2O3/c1-11-7-8-15(10-16-13(15)18)17(11)14(19)20-9-12-5-3-2-4-6-12/h2-6,11H,7-10H2,1H3,(H,16,18). The number of nitrogens with one attached hydrogen (secondary N) is 1. The first-order chi connectivity index (χ1) is 9.63. The second-order valence-electron chi connectivity index (χ2n) is 5.51. The van der Waals surface area contributed by atoms with Crippen molar-refractivity contribution in [2.45, 2.75) is 38.0 Å². The predicted octanol–water partition coefficient (Wildman–Crippen LogP) is 1.68. The Morgan fingerprint density at radius 1 is 1.45 bits per heavy atom. The van der Waals surface area contributed by atoms with Crippen molar-refractivity contribution < 1.29 is 14.3 Å². The molecule has 2 aliphatic rings. The molecule has 2 saturated heterocycles. The summed E-state index contributed by atoms with van der Waals surface area (Å²) in [4.78, 5) is 25.8. The van der Waals surface area contributed by atoms with Crippen molar-refractivity contribution in [3.05, 3.63) is 35.9 Å². The molecule has 1 aromatic carbocycles. The summed E-state index contributed by atoms with van der Waals surface area (Å²) in [5, 5.41) is 2.73. The van der Waals surface area contributed by atoms with Crippen LogP contribution in [0.25, 0.3) is 0 Å².